The van der Waals surface area contributed by atoms with E-state index in [4.69, 9.17) is 0 Å². The molecule has 0 spiro atoms. The lowest BCUT2D eigenvalue weighted by atomic mass is 10.1. The molecule has 0 unspecified atom stereocenters. The molecule has 5 heteroatoms. The van der Waals surface area contributed by atoms with E-state index >= 15 is 0 Å². The average molecular weight is 209 g/mol. The van der Waals surface area contributed by atoms with Crippen molar-refractivity contribution in [2.75, 3.05) is 12.4 Å². The minimum Gasteiger partial charge on any atom is -0.507 e. The summed E-state index contributed by atoms with van der Waals surface area (Å²) in [7, 11) is 1.51. The Balaban J connectivity index is 2.87. The van der Waals surface area contributed by atoms with Crippen molar-refractivity contribution in [3.63, 3.8) is 0 Å². The smallest absolute Gasteiger partial charge is 0.320 e. The second-order valence-corrected chi connectivity index (χ2v) is 3.49. The third kappa shape index (κ3) is 2.83. The van der Waals surface area contributed by atoms with Crippen LogP contribution in [0.3, 0.4) is 0 Å². The number of rotatable bonds is 2. The van der Waals surface area contributed by atoms with Crippen LogP contribution in [-0.4, -0.2) is 23.2 Å². The van der Waals surface area contributed by atoms with E-state index in [1.165, 1.54) is 13.1 Å². The van der Waals surface area contributed by atoms with Gasteiger partial charge in [0.25, 0.3) is 0 Å². The van der Waals surface area contributed by atoms with Crippen LogP contribution < -0.4 is 10.6 Å². The number of aromatic nitrogens is 1. The number of urea groups is 1. The molecule has 0 saturated heterocycles. The first-order valence-electron chi connectivity index (χ1n) is 4.72. The van der Waals surface area contributed by atoms with E-state index in [-0.39, 0.29) is 17.7 Å². The van der Waals surface area contributed by atoms with Gasteiger partial charge >= 0.3 is 6.03 Å². The lowest BCUT2D eigenvalue weighted by Gasteiger charge is -2.09. The van der Waals surface area contributed by atoms with Crippen molar-refractivity contribution in [1.82, 2.24) is 10.3 Å². The lowest BCUT2D eigenvalue weighted by molar-refractivity contribution is 0.254. The van der Waals surface area contributed by atoms with E-state index in [2.05, 4.69) is 15.6 Å². The van der Waals surface area contributed by atoms with E-state index in [1.54, 1.807) is 6.20 Å². The number of amides is 2. The van der Waals surface area contributed by atoms with Crippen LogP contribution in [-0.2, 0) is 0 Å². The molecular weight excluding hydrogens is 194 g/mol. The molecule has 1 rings (SSSR count). The Labute approximate surface area is 88.5 Å². The van der Waals surface area contributed by atoms with E-state index < -0.39 is 0 Å². The highest BCUT2D eigenvalue weighted by Crippen LogP contribution is 2.26. The van der Waals surface area contributed by atoms with Crippen molar-refractivity contribution < 1.29 is 9.90 Å². The van der Waals surface area contributed by atoms with Gasteiger partial charge < -0.3 is 10.4 Å². The van der Waals surface area contributed by atoms with Gasteiger partial charge in [0.15, 0.2) is 0 Å². The van der Waals surface area contributed by atoms with Gasteiger partial charge in [-0.2, -0.15) is 0 Å². The van der Waals surface area contributed by atoms with Gasteiger partial charge in [-0.15, -0.1) is 0 Å². The van der Waals surface area contributed by atoms with Crippen molar-refractivity contribution in [1.29, 1.82) is 0 Å². The molecule has 0 atom stereocenters. The van der Waals surface area contributed by atoms with Gasteiger partial charge in [0.05, 0.1) is 0 Å². The number of aromatic hydroxyl groups is 1. The number of pyridine rings is 1. The van der Waals surface area contributed by atoms with Crippen molar-refractivity contribution in [3.8, 4) is 5.75 Å². The highest BCUT2D eigenvalue weighted by molar-refractivity contribution is 5.88. The predicted molar refractivity (Wildman–Crippen MR) is 58.1 cm³/mol. The molecule has 0 fully saturated rings. The number of carbonyl (C=O) groups is 1. The fourth-order valence-electron chi connectivity index (χ4n) is 1.15. The zero-order valence-corrected chi connectivity index (χ0v) is 9.03. The average Bonchev–Trinajstić information content (AvgIpc) is 2.17. The number of nitrogens with one attached hydrogen (secondary N) is 2. The zero-order valence-electron chi connectivity index (χ0n) is 9.03. The highest BCUT2D eigenvalue weighted by Gasteiger charge is 2.08. The fraction of sp³-hybridized carbons (Fsp3) is 0.400. The highest BCUT2D eigenvalue weighted by atomic mass is 16.3. The molecule has 0 saturated carbocycles. The van der Waals surface area contributed by atoms with Gasteiger partial charge in [0.2, 0.25) is 0 Å². The minimum atomic E-state index is -0.362. The van der Waals surface area contributed by atoms with E-state index in [0.717, 1.165) is 5.56 Å². The van der Waals surface area contributed by atoms with Gasteiger partial charge in [-0.1, -0.05) is 13.8 Å². The summed E-state index contributed by atoms with van der Waals surface area (Å²) in [6.45, 7) is 3.92. The van der Waals surface area contributed by atoms with Gasteiger partial charge in [0.1, 0.15) is 11.6 Å². The summed E-state index contributed by atoms with van der Waals surface area (Å²) >= 11 is 0. The molecule has 0 aromatic carbocycles. The quantitative estimate of drug-likeness (QED) is 0.693. The molecule has 1 heterocycles. The standard InChI is InChI=1S/C10H15N3O2/c1-6(2)7-5-12-9(4-8(7)14)13-10(15)11-3/h4-6H,1-3H3,(H3,11,12,13,14,15). The molecule has 0 aliphatic rings. The van der Waals surface area contributed by atoms with Gasteiger partial charge in [-0.25, -0.2) is 9.78 Å². The summed E-state index contributed by atoms with van der Waals surface area (Å²) in [5, 5.41) is 14.5. The largest absolute Gasteiger partial charge is 0.507 e. The van der Waals surface area contributed by atoms with Crippen molar-refractivity contribution >= 4 is 11.8 Å². The van der Waals surface area contributed by atoms with Gasteiger partial charge in [-0.05, 0) is 5.92 Å². The third-order valence-corrected chi connectivity index (χ3v) is 2.00. The summed E-state index contributed by atoms with van der Waals surface area (Å²) in [6.07, 6.45) is 1.56. The fourth-order valence-corrected chi connectivity index (χ4v) is 1.15. The Hall–Kier alpha value is -1.78. The molecule has 1 aromatic rings. The van der Waals surface area contributed by atoms with Crippen molar-refractivity contribution in [2.24, 2.45) is 0 Å². The Morgan fingerprint density at radius 2 is 2.20 bits per heavy atom. The zero-order chi connectivity index (χ0) is 11.4. The first kappa shape index (κ1) is 11.3. The van der Waals surface area contributed by atoms with Crippen LogP contribution in [0, 0.1) is 0 Å². The first-order chi connectivity index (χ1) is 7.04. The molecule has 5 nitrogen and oxygen atoms in total. The predicted octanol–water partition coefficient (Wildman–Crippen LogP) is 1.66. The van der Waals surface area contributed by atoms with Crippen molar-refractivity contribution in [2.45, 2.75) is 19.8 Å². The Morgan fingerprint density at radius 1 is 1.53 bits per heavy atom. The molecule has 0 radical (unpaired) electrons. The summed E-state index contributed by atoms with van der Waals surface area (Å²) in [6, 6.07) is 1.07. The van der Waals surface area contributed by atoms with E-state index in [1.807, 2.05) is 13.8 Å². The molecule has 82 valence electrons. The number of anilines is 1. The number of nitrogens with zero attached hydrogens (tertiary/aromatic N) is 1. The van der Waals surface area contributed by atoms with Crippen LogP contribution >= 0.6 is 0 Å². The van der Waals surface area contributed by atoms with Crippen LogP contribution in [0.15, 0.2) is 12.3 Å². The molecule has 2 amide bonds. The van der Waals surface area contributed by atoms with Crippen LogP contribution in [0.1, 0.15) is 25.3 Å². The number of carbonyl (C=O) groups excluding carboxylic acids is 1. The third-order valence-electron chi connectivity index (χ3n) is 2.00. The molecule has 3 N–H and O–H groups in total. The van der Waals surface area contributed by atoms with E-state index in [9.17, 15) is 9.90 Å². The van der Waals surface area contributed by atoms with Crippen LogP contribution in [0.5, 0.6) is 5.75 Å². The maximum Gasteiger partial charge on any atom is 0.320 e. The maximum absolute atomic E-state index is 11.0. The lowest BCUT2D eigenvalue weighted by Crippen LogP contribution is -2.24. The minimum absolute atomic E-state index is 0.145. The molecule has 0 bridgehead atoms. The first-order valence-corrected chi connectivity index (χ1v) is 4.72. The molecule has 0 aliphatic heterocycles. The van der Waals surface area contributed by atoms with Crippen molar-refractivity contribution in [3.05, 3.63) is 17.8 Å². The summed E-state index contributed by atoms with van der Waals surface area (Å²) < 4.78 is 0. The number of hydrogen-bond acceptors (Lipinski definition) is 3. The van der Waals surface area contributed by atoms with Crippen LogP contribution in [0.4, 0.5) is 10.6 Å². The topological polar surface area (TPSA) is 74.2 Å². The normalized spacial score (nSPS) is 10.1. The summed E-state index contributed by atoms with van der Waals surface area (Å²) in [5.74, 6) is 0.675. The van der Waals surface area contributed by atoms with Gasteiger partial charge in [0, 0.05) is 24.9 Å². The monoisotopic (exact) mass is 209 g/mol. The molecule has 15 heavy (non-hydrogen) atoms. The number of hydrogen-bond donors (Lipinski definition) is 3. The Bertz CT molecular complexity index is 364. The van der Waals surface area contributed by atoms with E-state index in [0.29, 0.717) is 5.82 Å². The van der Waals surface area contributed by atoms with Crippen LogP contribution in [0.25, 0.3) is 0 Å². The molecule has 0 aliphatic carbocycles. The maximum atomic E-state index is 11.0. The second-order valence-electron chi connectivity index (χ2n) is 3.49. The molecule has 1 aromatic heterocycles. The van der Waals surface area contributed by atoms with Crippen LogP contribution in [0.2, 0.25) is 0 Å². The molecular formula is C10H15N3O2. The SMILES string of the molecule is CNC(=O)Nc1cc(O)c(C(C)C)cn1. The van der Waals surface area contributed by atoms with Gasteiger partial charge in [-0.3, -0.25) is 5.32 Å². The Kier molecular flexibility index (Phi) is 3.49. The Morgan fingerprint density at radius 3 is 2.67 bits per heavy atom. The second kappa shape index (κ2) is 4.63. The summed E-state index contributed by atoms with van der Waals surface area (Å²) in [5.41, 5.74) is 0.762. The summed E-state index contributed by atoms with van der Waals surface area (Å²) in [4.78, 5) is 15.0.